The number of halogens is 6. The molecule has 1 N–H and O–H groups in total. The van der Waals surface area contributed by atoms with E-state index in [0.717, 1.165) is 17.4 Å². The van der Waals surface area contributed by atoms with Crippen molar-refractivity contribution in [3.63, 3.8) is 0 Å². The van der Waals surface area contributed by atoms with Gasteiger partial charge in [-0.15, -0.1) is 0 Å². The zero-order valence-electron chi connectivity index (χ0n) is 9.85. The fourth-order valence-corrected chi connectivity index (χ4v) is 1.63. The molecule has 0 fully saturated rings. The van der Waals surface area contributed by atoms with Crippen LogP contribution in [0.1, 0.15) is 5.56 Å². The van der Waals surface area contributed by atoms with Gasteiger partial charge in [0.05, 0.1) is 0 Å². The van der Waals surface area contributed by atoms with Crippen LogP contribution in [0, 0.1) is 0 Å². The molecule has 0 aromatic heterocycles. The molecule has 1 amide bonds. The minimum absolute atomic E-state index is 0.342. The molecule has 0 heterocycles. The number of carbonyl (C=O) groups excluding carboxylic acids is 1. The number of rotatable bonds is 3. The van der Waals surface area contributed by atoms with Gasteiger partial charge in [-0.1, -0.05) is 36.9 Å². The van der Waals surface area contributed by atoms with Gasteiger partial charge in [0, 0.05) is 0 Å². The van der Waals surface area contributed by atoms with E-state index in [0.29, 0.717) is 18.2 Å². The third-order valence-electron chi connectivity index (χ3n) is 2.55. The first kappa shape index (κ1) is 16.1. The Kier molecular flexibility index (Phi) is 4.16. The van der Waals surface area contributed by atoms with Gasteiger partial charge in [0.1, 0.15) is 0 Å². The lowest BCUT2D eigenvalue weighted by Crippen LogP contribution is -2.64. The van der Waals surface area contributed by atoms with Gasteiger partial charge in [-0.05, 0) is 11.6 Å². The van der Waals surface area contributed by atoms with E-state index in [1.54, 1.807) is 0 Å². The highest BCUT2D eigenvalue weighted by molar-refractivity contribution is 5.87. The molecular weight excluding hydrogens is 288 g/mol. The Labute approximate surface area is 110 Å². The number of amides is 1. The molecule has 0 saturated carbocycles. The summed E-state index contributed by atoms with van der Waals surface area (Å²) < 4.78 is 78.5. The Balaban J connectivity index is 3.60. The molecule has 0 bridgehead atoms. The van der Waals surface area contributed by atoms with Crippen LogP contribution in [0.3, 0.4) is 0 Å². The summed E-state index contributed by atoms with van der Waals surface area (Å²) in [6.07, 6.45) is -11.2. The van der Waals surface area contributed by atoms with Gasteiger partial charge >= 0.3 is 12.4 Å². The third-order valence-corrected chi connectivity index (χ3v) is 2.55. The summed E-state index contributed by atoms with van der Waals surface area (Å²) in [6.45, 7) is 2.86. The molecule has 1 rings (SSSR count). The zero-order chi connectivity index (χ0) is 15.6. The summed E-state index contributed by atoms with van der Waals surface area (Å²) in [5.41, 5.74) is -5.61. The molecule has 0 aliphatic heterocycles. The predicted octanol–water partition coefficient (Wildman–Crippen LogP) is 3.31. The smallest absolute Gasteiger partial charge is 0.327 e. The average Bonchev–Trinajstić information content (AvgIpc) is 2.33. The minimum atomic E-state index is -5.77. The fraction of sp³-hybridized carbons (Fsp3) is 0.250. The lowest BCUT2D eigenvalue weighted by atomic mass is 9.88. The van der Waals surface area contributed by atoms with Crippen molar-refractivity contribution in [1.29, 1.82) is 0 Å². The van der Waals surface area contributed by atoms with Crippen LogP contribution in [0.4, 0.5) is 26.3 Å². The van der Waals surface area contributed by atoms with E-state index in [2.05, 4.69) is 6.58 Å². The number of nitrogens with one attached hydrogen (secondary N) is 1. The molecule has 2 nitrogen and oxygen atoms in total. The molecule has 1 aromatic carbocycles. The van der Waals surface area contributed by atoms with Gasteiger partial charge in [-0.3, -0.25) is 4.79 Å². The van der Waals surface area contributed by atoms with E-state index in [1.807, 2.05) is 0 Å². The maximum atomic E-state index is 13.1. The molecule has 0 spiro atoms. The molecule has 8 heteroatoms. The molecule has 0 unspecified atom stereocenters. The van der Waals surface area contributed by atoms with Gasteiger partial charge in [0.15, 0.2) is 0 Å². The van der Waals surface area contributed by atoms with E-state index < -0.39 is 29.4 Å². The lowest BCUT2D eigenvalue weighted by Gasteiger charge is -2.37. The molecular formula is C12H9F6NO. The second-order valence-corrected chi connectivity index (χ2v) is 3.80. The van der Waals surface area contributed by atoms with Crippen molar-refractivity contribution < 1.29 is 31.1 Å². The van der Waals surface area contributed by atoms with E-state index in [9.17, 15) is 31.1 Å². The molecule has 20 heavy (non-hydrogen) atoms. The maximum absolute atomic E-state index is 13.1. The monoisotopic (exact) mass is 297 g/mol. The molecule has 0 aliphatic carbocycles. The van der Waals surface area contributed by atoms with Crippen LogP contribution in [0.5, 0.6) is 0 Å². The first-order valence-electron chi connectivity index (χ1n) is 5.20. The van der Waals surface area contributed by atoms with Crippen molar-refractivity contribution in [2.45, 2.75) is 17.9 Å². The van der Waals surface area contributed by atoms with Gasteiger partial charge in [-0.2, -0.15) is 26.3 Å². The number of hydrogen-bond acceptors (Lipinski definition) is 1. The van der Waals surface area contributed by atoms with Crippen molar-refractivity contribution in [1.82, 2.24) is 5.32 Å². The SMILES string of the molecule is C=CC(=O)NC(c1ccccc1)(C(F)(F)F)C(F)(F)F. The Morgan fingerprint density at radius 1 is 1.00 bits per heavy atom. The molecule has 1 aromatic rings. The fourth-order valence-electron chi connectivity index (χ4n) is 1.63. The van der Waals surface area contributed by atoms with Crippen molar-refractivity contribution in [3.05, 3.63) is 48.6 Å². The van der Waals surface area contributed by atoms with Gasteiger partial charge in [0.2, 0.25) is 5.91 Å². The van der Waals surface area contributed by atoms with Crippen LogP contribution < -0.4 is 5.32 Å². The molecule has 0 radical (unpaired) electrons. The van der Waals surface area contributed by atoms with Gasteiger partial charge in [-0.25, -0.2) is 0 Å². The Morgan fingerprint density at radius 3 is 1.80 bits per heavy atom. The highest BCUT2D eigenvalue weighted by Crippen LogP contribution is 2.50. The van der Waals surface area contributed by atoms with Crippen molar-refractivity contribution in [3.8, 4) is 0 Å². The van der Waals surface area contributed by atoms with Crippen LogP contribution in [0.2, 0.25) is 0 Å². The van der Waals surface area contributed by atoms with Crippen LogP contribution >= 0.6 is 0 Å². The van der Waals surface area contributed by atoms with E-state index in [1.165, 1.54) is 6.07 Å². The van der Waals surface area contributed by atoms with E-state index >= 15 is 0 Å². The standard InChI is InChI=1S/C12H9F6NO/c1-2-9(20)19-10(11(13,14)15,12(16,17)18)8-6-4-3-5-7-8/h2-7H,1H2,(H,19,20). The van der Waals surface area contributed by atoms with Crippen LogP contribution in [-0.2, 0) is 10.3 Å². The van der Waals surface area contributed by atoms with Crippen molar-refractivity contribution in [2.24, 2.45) is 0 Å². The maximum Gasteiger partial charge on any atom is 0.424 e. The Bertz CT molecular complexity index is 477. The second kappa shape index (κ2) is 5.18. The lowest BCUT2D eigenvalue weighted by molar-refractivity contribution is -0.311. The van der Waals surface area contributed by atoms with Crippen LogP contribution in [-0.4, -0.2) is 18.3 Å². The van der Waals surface area contributed by atoms with E-state index in [-0.39, 0.29) is 0 Å². The largest absolute Gasteiger partial charge is 0.424 e. The van der Waals surface area contributed by atoms with Gasteiger partial charge in [0.25, 0.3) is 5.54 Å². The van der Waals surface area contributed by atoms with Crippen molar-refractivity contribution in [2.75, 3.05) is 0 Å². The molecule has 0 atom stereocenters. The quantitative estimate of drug-likeness (QED) is 0.673. The first-order valence-corrected chi connectivity index (χ1v) is 5.20. The molecule has 110 valence electrons. The highest BCUT2D eigenvalue weighted by atomic mass is 19.4. The Morgan fingerprint density at radius 2 is 1.45 bits per heavy atom. The average molecular weight is 297 g/mol. The number of carbonyl (C=O) groups is 1. The van der Waals surface area contributed by atoms with E-state index in [4.69, 9.17) is 0 Å². The number of alkyl halides is 6. The third kappa shape index (κ3) is 2.63. The summed E-state index contributed by atoms with van der Waals surface area (Å²) in [7, 11) is 0. The zero-order valence-corrected chi connectivity index (χ0v) is 9.85. The summed E-state index contributed by atoms with van der Waals surface area (Å²) in [5.74, 6) is -1.58. The van der Waals surface area contributed by atoms with Gasteiger partial charge < -0.3 is 5.32 Å². The summed E-state index contributed by atoms with van der Waals surface area (Å²) >= 11 is 0. The summed E-state index contributed by atoms with van der Waals surface area (Å²) in [5, 5.41) is 0.969. The molecule has 0 aliphatic rings. The minimum Gasteiger partial charge on any atom is -0.327 e. The number of benzene rings is 1. The van der Waals surface area contributed by atoms with Crippen LogP contribution in [0.15, 0.2) is 43.0 Å². The molecule has 0 saturated heterocycles. The first-order chi connectivity index (χ1) is 9.06. The second-order valence-electron chi connectivity index (χ2n) is 3.80. The number of hydrogen-bond donors (Lipinski definition) is 1. The summed E-state index contributed by atoms with van der Waals surface area (Å²) in [6, 6.07) is 4.58. The normalized spacial score (nSPS) is 12.9. The summed E-state index contributed by atoms with van der Waals surface area (Å²) in [4.78, 5) is 11.1. The highest BCUT2D eigenvalue weighted by Gasteiger charge is 2.72. The topological polar surface area (TPSA) is 29.1 Å². The van der Waals surface area contributed by atoms with Crippen molar-refractivity contribution >= 4 is 5.91 Å². The predicted molar refractivity (Wildman–Crippen MR) is 58.6 cm³/mol. The van der Waals surface area contributed by atoms with Crippen LogP contribution in [0.25, 0.3) is 0 Å². The Hall–Kier alpha value is -1.99.